The third-order valence-electron chi connectivity index (χ3n) is 2.82. The van der Waals surface area contributed by atoms with Gasteiger partial charge in [-0.1, -0.05) is 38.3 Å². The first kappa shape index (κ1) is 12.6. The van der Waals surface area contributed by atoms with E-state index in [4.69, 9.17) is 10.5 Å². The number of nitrogens with zero attached hydrogens (tertiary/aromatic N) is 2. The second-order valence-electron chi connectivity index (χ2n) is 4.31. The van der Waals surface area contributed by atoms with Crippen molar-refractivity contribution < 1.29 is 4.74 Å². The molecule has 1 aromatic carbocycles. The lowest BCUT2D eigenvalue weighted by Crippen LogP contribution is -2.03. The second-order valence-corrected chi connectivity index (χ2v) is 4.31. The average Bonchev–Trinajstić information content (AvgIpc) is 2.38. The maximum absolute atomic E-state index is 5.72. The van der Waals surface area contributed by atoms with Crippen LogP contribution in [0.5, 0.6) is 5.88 Å². The highest BCUT2D eigenvalue weighted by atomic mass is 16.5. The zero-order valence-corrected chi connectivity index (χ0v) is 10.7. The number of nitrogen functional groups attached to an aromatic ring is 1. The Morgan fingerprint density at radius 1 is 1.11 bits per heavy atom. The first-order valence-corrected chi connectivity index (χ1v) is 6.46. The van der Waals surface area contributed by atoms with E-state index in [9.17, 15) is 0 Å². The van der Waals surface area contributed by atoms with Gasteiger partial charge in [0.1, 0.15) is 0 Å². The molecule has 0 fully saturated rings. The molecule has 2 aromatic rings. The van der Waals surface area contributed by atoms with Crippen molar-refractivity contribution in [2.45, 2.75) is 32.6 Å². The maximum Gasteiger partial charge on any atom is 0.226 e. The summed E-state index contributed by atoms with van der Waals surface area (Å²) in [4.78, 5) is 8.34. The van der Waals surface area contributed by atoms with E-state index >= 15 is 0 Å². The van der Waals surface area contributed by atoms with Crippen LogP contribution in [-0.4, -0.2) is 16.6 Å². The van der Waals surface area contributed by atoms with Crippen molar-refractivity contribution in [1.82, 2.24) is 9.97 Å². The molecule has 0 amide bonds. The maximum atomic E-state index is 5.72. The lowest BCUT2D eigenvalue weighted by atomic mass is 10.2. The predicted molar refractivity (Wildman–Crippen MR) is 73.6 cm³/mol. The summed E-state index contributed by atoms with van der Waals surface area (Å²) >= 11 is 0. The molecular formula is C14H19N3O. The molecule has 4 nitrogen and oxygen atoms in total. The molecule has 0 bridgehead atoms. The van der Waals surface area contributed by atoms with Crippen LogP contribution in [-0.2, 0) is 0 Å². The van der Waals surface area contributed by atoms with Crippen molar-refractivity contribution in [3.8, 4) is 5.88 Å². The quantitative estimate of drug-likeness (QED) is 0.794. The first-order valence-electron chi connectivity index (χ1n) is 6.46. The first-order chi connectivity index (χ1) is 8.81. The number of benzene rings is 1. The van der Waals surface area contributed by atoms with Gasteiger partial charge in [-0.15, -0.1) is 0 Å². The van der Waals surface area contributed by atoms with Crippen LogP contribution in [0.2, 0.25) is 0 Å². The van der Waals surface area contributed by atoms with Crippen LogP contribution in [0.15, 0.2) is 24.3 Å². The zero-order chi connectivity index (χ0) is 12.8. The molecule has 1 aromatic heterocycles. The molecule has 0 spiro atoms. The molecule has 0 aliphatic rings. The zero-order valence-electron chi connectivity index (χ0n) is 10.7. The summed E-state index contributed by atoms with van der Waals surface area (Å²) < 4.78 is 5.72. The largest absolute Gasteiger partial charge is 0.477 e. The predicted octanol–water partition coefficient (Wildman–Crippen LogP) is 3.17. The minimum atomic E-state index is 0.261. The Morgan fingerprint density at radius 2 is 1.94 bits per heavy atom. The Labute approximate surface area is 107 Å². The number of hydrogen-bond acceptors (Lipinski definition) is 4. The van der Waals surface area contributed by atoms with Gasteiger partial charge in [0.15, 0.2) is 0 Å². The minimum absolute atomic E-state index is 0.261. The number of para-hydroxylation sites is 1. The van der Waals surface area contributed by atoms with E-state index in [0.717, 1.165) is 17.3 Å². The van der Waals surface area contributed by atoms with Gasteiger partial charge in [-0.3, -0.25) is 0 Å². The number of nitrogens with two attached hydrogens (primary N) is 1. The van der Waals surface area contributed by atoms with E-state index in [1.807, 2.05) is 24.3 Å². The van der Waals surface area contributed by atoms with E-state index < -0.39 is 0 Å². The van der Waals surface area contributed by atoms with Crippen molar-refractivity contribution in [2.75, 3.05) is 12.3 Å². The van der Waals surface area contributed by atoms with Gasteiger partial charge >= 0.3 is 0 Å². The molecule has 0 saturated carbocycles. The Hall–Kier alpha value is -1.84. The normalized spacial score (nSPS) is 10.7. The number of rotatable bonds is 6. The van der Waals surface area contributed by atoms with Crippen molar-refractivity contribution in [1.29, 1.82) is 0 Å². The number of ether oxygens (including phenoxy) is 1. The number of aromatic nitrogens is 2. The monoisotopic (exact) mass is 245 g/mol. The van der Waals surface area contributed by atoms with E-state index in [2.05, 4.69) is 16.9 Å². The van der Waals surface area contributed by atoms with Gasteiger partial charge in [0.2, 0.25) is 11.8 Å². The second kappa shape index (κ2) is 6.19. The van der Waals surface area contributed by atoms with Gasteiger partial charge in [0.05, 0.1) is 17.5 Å². The van der Waals surface area contributed by atoms with Crippen LogP contribution in [0.4, 0.5) is 5.95 Å². The summed E-state index contributed by atoms with van der Waals surface area (Å²) in [6.45, 7) is 2.87. The van der Waals surface area contributed by atoms with Crippen molar-refractivity contribution in [3.05, 3.63) is 24.3 Å². The number of hydrogen-bond donors (Lipinski definition) is 1. The van der Waals surface area contributed by atoms with E-state index in [1.165, 1.54) is 19.3 Å². The van der Waals surface area contributed by atoms with Gasteiger partial charge in [-0.05, 0) is 18.6 Å². The lowest BCUT2D eigenvalue weighted by molar-refractivity contribution is 0.298. The highest BCUT2D eigenvalue weighted by Crippen LogP contribution is 2.22. The molecule has 0 atom stereocenters. The van der Waals surface area contributed by atoms with Crippen LogP contribution in [0, 0.1) is 0 Å². The van der Waals surface area contributed by atoms with Gasteiger partial charge in [0.25, 0.3) is 0 Å². The fourth-order valence-corrected chi connectivity index (χ4v) is 1.87. The molecule has 1 heterocycles. The molecule has 18 heavy (non-hydrogen) atoms. The van der Waals surface area contributed by atoms with E-state index in [1.54, 1.807) is 0 Å². The Kier molecular flexibility index (Phi) is 4.34. The smallest absolute Gasteiger partial charge is 0.226 e. The van der Waals surface area contributed by atoms with E-state index in [-0.39, 0.29) is 5.95 Å². The number of anilines is 1. The Bertz CT molecular complexity index is 513. The van der Waals surface area contributed by atoms with Gasteiger partial charge in [-0.2, -0.15) is 4.98 Å². The molecule has 96 valence electrons. The van der Waals surface area contributed by atoms with Crippen molar-refractivity contribution in [3.63, 3.8) is 0 Å². The van der Waals surface area contributed by atoms with Crippen LogP contribution in [0.1, 0.15) is 32.6 Å². The fraction of sp³-hybridized carbons (Fsp3) is 0.429. The molecule has 2 N–H and O–H groups in total. The fourth-order valence-electron chi connectivity index (χ4n) is 1.87. The van der Waals surface area contributed by atoms with Crippen LogP contribution < -0.4 is 10.5 Å². The highest BCUT2D eigenvalue weighted by molar-refractivity contribution is 5.84. The summed E-state index contributed by atoms with van der Waals surface area (Å²) in [5.74, 6) is 0.854. The van der Waals surface area contributed by atoms with Gasteiger partial charge in [0, 0.05) is 0 Å². The van der Waals surface area contributed by atoms with Gasteiger partial charge in [-0.25, -0.2) is 4.98 Å². The summed E-state index contributed by atoms with van der Waals surface area (Å²) in [6, 6.07) is 7.75. The topological polar surface area (TPSA) is 61.0 Å². The molecule has 0 aliphatic carbocycles. The molecule has 0 saturated heterocycles. The molecular weight excluding hydrogens is 226 g/mol. The SMILES string of the molecule is CCCCCCOc1nc(N)nc2ccccc12. The summed E-state index contributed by atoms with van der Waals surface area (Å²) in [5.41, 5.74) is 6.50. The van der Waals surface area contributed by atoms with Crippen molar-refractivity contribution in [2.24, 2.45) is 0 Å². The number of unbranched alkanes of at least 4 members (excludes halogenated alkanes) is 3. The van der Waals surface area contributed by atoms with Crippen molar-refractivity contribution >= 4 is 16.9 Å². The Morgan fingerprint density at radius 3 is 2.78 bits per heavy atom. The van der Waals surface area contributed by atoms with Crippen LogP contribution in [0.3, 0.4) is 0 Å². The summed E-state index contributed by atoms with van der Waals surface area (Å²) in [6.07, 6.45) is 4.71. The lowest BCUT2D eigenvalue weighted by Gasteiger charge is -2.08. The minimum Gasteiger partial charge on any atom is -0.477 e. The average molecular weight is 245 g/mol. The molecule has 0 radical (unpaired) electrons. The molecule has 4 heteroatoms. The van der Waals surface area contributed by atoms with Gasteiger partial charge < -0.3 is 10.5 Å². The van der Waals surface area contributed by atoms with E-state index in [0.29, 0.717) is 12.5 Å². The standard InChI is InChI=1S/C14H19N3O/c1-2-3-4-7-10-18-13-11-8-5-6-9-12(11)16-14(15)17-13/h5-6,8-9H,2-4,7,10H2,1H3,(H2,15,16,17). The van der Waals surface area contributed by atoms with Crippen LogP contribution >= 0.6 is 0 Å². The molecule has 0 unspecified atom stereocenters. The van der Waals surface area contributed by atoms with Crippen LogP contribution in [0.25, 0.3) is 10.9 Å². The highest BCUT2D eigenvalue weighted by Gasteiger charge is 2.06. The summed E-state index contributed by atoms with van der Waals surface area (Å²) in [5, 5.41) is 0.919. The third-order valence-corrected chi connectivity index (χ3v) is 2.82. The Balaban J connectivity index is 2.07. The summed E-state index contributed by atoms with van der Waals surface area (Å²) in [7, 11) is 0. The molecule has 0 aliphatic heterocycles. The molecule has 2 rings (SSSR count). The third kappa shape index (κ3) is 3.09. The number of fused-ring (bicyclic) bond motifs is 1.